The van der Waals surface area contributed by atoms with E-state index in [1.54, 1.807) is 42.5 Å². The Morgan fingerprint density at radius 2 is 1.81 bits per heavy atom. The smallest absolute Gasteiger partial charge is 0.349 e. The number of piperidine rings is 1. The van der Waals surface area contributed by atoms with E-state index in [0.717, 1.165) is 24.2 Å². The quantitative estimate of drug-likeness (QED) is 0.222. The number of para-hydroxylation sites is 2. The van der Waals surface area contributed by atoms with Crippen molar-refractivity contribution in [3.8, 4) is 11.5 Å². The lowest BCUT2D eigenvalue weighted by Crippen LogP contribution is -2.76. The normalized spacial score (nSPS) is 27.1. The van der Waals surface area contributed by atoms with Crippen molar-refractivity contribution in [1.82, 2.24) is 4.90 Å². The van der Waals surface area contributed by atoms with Crippen LogP contribution in [0.3, 0.4) is 0 Å². The van der Waals surface area contributed by atoms with E-state index in [-0.39, 0.29) is 30.4 Å². The van der Waals surface area contributed by atoms with E-state index in [1.165, 1.54) is 12.8 Å². The van der Waals surface area contributed by atoms with Gasteiger partial charge in [-0.15, -0.1) is 0 Å². The fraction of sp³-hybridized carbons (Fsp3) is 0.417. The molecule has 5 aliphatic rings. The zero-order valence-corrected chi connectivity index (χ0v) is 27.1. The van der Waals surface area contributed by atoms with Crippen LogP contribution >= 0.6 is 23.2 Å². The predicted octanol–water partition coefficient (Wildman–Crippen LogP) is 5.56. The molecule has 2 bridgehead atoms. The largest absolute Gasteiger partial charge is 0.477 e. The van der Waals surface area contributed by atoms with Crippen LogP contribution < -0.4 is 14.8 Å². The minimum absolute atomic E-state index is 0.0362. The summed E-state index contributed by atoms with van der Waals surface area (Å²) in [7, 11) is 0. The maximum absolute atomic E-state index is 13.3. The Morgan fingerprint density at radius 3 is 2.60 bits per heavy atom. The first-order chi connectivity index (χ1) is 22.7. The van der Waals surface area contributed by atoms with Gasteiger partial charge in [-0.05, 0) is 80.0 Å². The second-order valence-corrected chi connectivity index (χ2v) is 14.2. The zero-order valence-electron chi connectivity index (χ0n) is 25.6. The van der Waals surface area contributed by atoms with Crippen LogP contribution in [-0.2, 0) is 37.4 Å². The summed E-state index contributed by atoms with van der Waals surface area (Å²) in [5, 5.41) is 16.5. The summed E-state index contributed by atoms with van der Waals surface area (Å²) in [6.07, 6.45) is 3.38. The molecule has 2 N–H and O–H groups in total. The summed E-state index contributed by atoms with van der Waals surface area (Å²) in [6.45, 7) is 1.13. The third-order valence-electron chi connectivity index (χ3n) is 10.7. The number of hydrogen-bond donors (Lipinski definition) is 2. The van der Waals surface area contributed by atoms with Crippen LogP contribution in [0.1, 0.15) is 48.8 Å². The van der Waals surface area contributed by atoms with Crippen LogP contribution in [0.4, 0.5) is 11.4 Å². The van der Waals surface area contributed by atoms with Gasteiger partial charge in [-0.2, -0.15) is 0 Å². The highest BCUT2D eigenvalue weighted by Gasteiger charge is 2.73. The van der Waals surface area contributed by atoms with Crippen LogP contribution in [0.2, 0.25) is 10.0 Å². The number of Topliss-reactive ketones (excluding diaryl/α,β-unsaturated/α-hetero) is 1. The molecule has 0 amide bonds. The lowest BCUT2D eigenvalue weighted by atomic mass is 9.49. The molecule has 0 aromatic heterocycles. The van der Waals surface area contributed by atoms with E-state index in [1.807, 2.05) is 12.1 Å². The molecule has 3 aromatic carbocycles. The van der Waals surface area contributed by atoms with E-state index in [0.29, 0.717) is 57.9 Å². The Balaban J connectivity index is 0.977. The van der Waals surface area contributed by atoms with Gasteiger partial charge in [0.15, 0.2) is 30.0 Å². The van der Waals surface area contributed by atoms with Crippen molar-refractivity contribution < 1.29 is 33.7 Å². The summed E-state index contributed by atoms with van der Waals surface area (Å²) in [5.41, 5.74) is 1.58. The average molecular weight is 678 g/mol. The summed E-state index contributed by atoms with van der Waals surface area (Å²) in [4.78, 5) is 41.6. The number of rotatable bonds is 9. The molecule has 1 spiro atoms. The van der Waals surface area contributed by atoms with Crippen molar-refractivity contribution in [3.63, 3.8) is 0 Å². The number of nitrogens with zero attached hydrogens (tertiary/aromatic N) is 1. The molecule has 3 aromatic rings. The summed E-state index contributed by atoms with van der Waals surface area (Å²) >= 11 is 12.6. The van der Waals surface area contributed by atoms with Crippen LogP contribution in [-0.4, -0.2) is 65.2 Å². The van der Waals surface area contributed by atoms with Gasteiger partial charge >= 0.3 is 11.9 Å². The minimum atomic E-state index is -1.11. The van der Waals surface area contributed by atoms with Crippen LogP contribution in [0.5, 0.6) is 11.5 Å². The number of ether oxygens (including phenoxy) is 3. The topological polar surface area (TPSA) is 114 Å². The number of carbonyl (C=O) groups excluding carboxylic acids is 3. The number of anilines is 2. The Morgan fingerprint density at radius 1 is 1.02 bits per heavy atom. The SMILES string of the molecule is O=C(Cc1ccccc1Nc1c(Cl)cccc1Cl)OCC(=O)Oc1ccc2c3c1OC1C(=O)CC[C@@]4(O)[C@@H](C2)N(CC2CC2)CC[C@]314. The molecular weight excluding hydrogens is 643 g/mol. The Hall–Kier alpha value is -3.63. The lowest BCUT2D eigenvalue weighted by Gasteiger charge is -2.62. The molecule has 11 heteroatoms. The van der Waals surface area contributed by atoms with Crippen LogP contribution in [0, 0.1) is 5.92 Å². The summed E-state index contributed by atoms with van der Waals surface area (Å²) < 4.78 is 17.4. The molecule has 3 fully saturated rings. The Bertz CT molecular complexity index is 1790. The molecular formula is C36H34Cl2N2O7. The maximum Gasteiger partial charge on any atom is 0.349 e. The van der Waals surface area contributed by atoms with E-state index in [9.17, 15) is 19.5 Å². The molecule has 2 saturated carbocycles. The number of likely N-dealkylation sites (tertiary alicyclic amines) is 1. The van der Waals surface area contributed by atoms with Crippen molar-refractivity contribution in [3.05, 3.63) is 81.3 Å². The van der Waals surface area contributed by atoms with Gasteiger partial charge in [0.05, 0.1) is 33.2 Å². The second-order valence-electron chi connectivity index (χ2n) is 13.4. The third-order valence-corrected chi connectivity index (χ3v) is 11.3. The minimum Gasteiger partial charge on any atom is -0.477 e. The molecule has 3 aliphatic carbocycles. The average Bonchev–Trinajstić information content (AvgIpc) is 3.79. The Kier molecular flexibility index (Phi) is 7.52. The lowest BCUT2D eigenvalue weighted by molar-refractivity contribution is -0.188. The standard InChI is InChI=1S/C36H34Cl2N2O7/c37-23-5-3-6-24(38)32(23)39-25-7-2-1-4-21(25)17-29(42)45-19-30(43)46-27-11-10-22-16-28-36(44)13-12-26(41)34-35(36,31(22)33(27)47-34)14-15-40(28)18-20-8-9-20/h1-7,10-11,20,28,34,39,44H,8-9,12-19H2/t28-,34?,35+,36-/m1/s1. The van der Waals surface area contributed by atoms with Gasteiger partial charge in [-0.3, -0.25) is 14.5 Å². The molecule has 8 rings (SSSR count). The molecule has 2 aliphatic heterocycles. The number of carbonyl (C=O) groups is 3. The number of esters is 2. The zero-order chi connectivity index (χ0) is 32.5. The number of nitrogens with one attached hydrogen (secondary N) is 1. The molecule has 2 heterocycles. The number of benzene rings is 3. The highest BCUT2D eigenvalue weighted by atomic mass is 35.5. The van der Waals surface area contributed by atoms with Crippen molar-refractivity contribution in [2.24, 2.45) is 5.92 Å². The molecule has 0 radical (unpaired) electrons. The van der Waals surface area contributed by atoms with Gasteiger partial charge in [-0.1, -0.05) is 53.5 Å². The predicted molar refractivity (Wildman–Crippen MR) is 175 cm³/mol. The molecule has 1 saturated heterocycles. The number of aliphatic hydroxyl groups is 1. The van der Waals surface area contributed by atoms with E-state index >= 15 is 0 Å². The van der Waals surface area contributed by atoms with Gasteiger partial charge in [-0.25, -0.2) is 4.79 Å². The summed E-state index contributed by atoms with van der Waals surface area (Å²) in [5.74, 6) is -0.264. The first-order valence-electron chi connectivity index (χ1n) is 16.2. The monoisotopic (exact) mass is 676 g/mol. The van der Waals surface area contributed by atoms with Gasteiger partial charge in [0.2, 0.25) is 0 Å². The van der Waals surface area contributed by atoms with Crippen molar-refractivity contribution in [2.45, 2.75) is 68.1 Å². The molecule has 47 heavy (non-hydrogen) atoms. The first kappa shape index (κ1) is 30.7. The first-order valence-corrected chi connectivity index (χ1v) is 16.9. The van der Waals surface area contributed by atoms with Gasteiger partial charge in [0, 0.05) is 30.3 Å². The van der Waals surface area contributed by atoms with Crippen molar-refractivity contribution in [1.29, 1.82) is 0 Å². The highest BCUT2D eigenvalue weighted by Crippen LogP contribution is 2.65. The van der Waals surface area contributed by atoms with Gasteiger partial charge in [0.1, 0.15) is 0 Å². The van der Waals surface area contributed by atoms with Crippen molar-refractivity contribution in [2.75, 3.05) is 25.0 Å². The highest BCUT2D eigenvalue weighted by molar-refractivity contribution is 6.39. The number of halogens is 2. The second kappa shape index (κ2) is 11.5. The summed E-state index contributed by atoms with van der Waals surface area (Å²) in [6, 6.07) is 15.8. The van der Waals surface area contributed by atoms with E-state index in [2.05, 4.69) is 10.2 Å². The van der Waals surface area contributed by atoms with E-state index in [4.69, 9.17) is 37.4 Å². The number of hydrogen-bond acceptors (Lipinski definition) is 9. The molecule has 1 unspecified atom stereocenters. The van der Waals surface area contributed by atoms with Gasteiger partial charge in [0.25, 0.3) is 0 Å². The van der Waals surface area contributed by atoms with E-state index < -0.39 is 35.7 Å². The fourth-order valence-corrected chi connectivity index (χ4v) is 8.87. The number of ketones is 1. The molecule has 4 atom stereocenters. The fourth-order valence-electron chi connectivity index (χ4n) is 8.38. The molecule has 244 valence electrons. The molecule has 9 nitrogen and oxygen atoms in total. The van der Waals surface area contributed by atoms with Crippen molar-refractivity contribution >= 4 is 52.3 Å². The maximum atomic E-state index is 13.3. The Labute approximate surface area is 282 Å². The van der Waals surface area contributed by atoms with Crippen LogP contribution in [0.25, 0.3) is 0 Å². The van der Waals surface area contributed by atoms with Crippen LogP contribution in [0.15, 0.2) is 54.6 Å². The van der Waals surface area contributed by atoms with Gasteiger partial charge < -0.3 is 24.6 Å². The third kappa shape index (κ3) is 5.01.